The SMILES string of the molecule is CC[C@@H](C)c1ccc(OCCn2cc(/C=N\Nc3nc4ccccc4s3)c3ccccc32)cc1. The Bertz CT molecular complexity index is 1380. The van der Waals surface area contributed by atoms with Gasteiger partial charge in [0.05, 0.1) is 23.0 Å². The molecule has 2 aromatic heterocycles. The van der Waals surface area contributed by atoms with E-state index in [2.05, 4.69) is 94.7 Å². The minimum atomic E-state index is 0.574. The first-order chi connectivity index (χ1) is 16.7. The third-order valence-electron chi connectivity index (χ3n) is 6.14. The molecule has 0 saturated carbocycles. The molecule has 0 radical (unpaired) electrons. The topological polar surface area (TPSA) is 51.4 Å². The standard InChI is InChI=1S/C28H28N4OS/c1-3-20(2)21-12-14-23(15-13-21)33-17-16-32-19-22(24-8-4-6-10-26(24)32)18-29-31-28-30-25-9-5-7-11-27(25)34-28/h4-15,18-20H,3,16-17H2,1-2H3,(H,30,31)/b29-18-/t20-/m1/s1. The third-order valence-corrected chi connectivity index (χ3v) is 7.08. The van der Waals surface area contributed by atoms with E-state index in [1.54, 1.807) is 11.3 Å². The summed E-state index contributed by atoms with van der Waals surface area (Å²) in [6.07, 6.45) is 5.13. The lowest BCUT2D eigenvalue weighted by molar-refractivity contribution is 0.300. The van der Waals surface area contributed by atoms with E-state index in [1.165, 1.54) is 11.1 Å². The van der Waals surface area contributed by atoms with Gasteiger partial charge in [0, 0.05) is 22.7 Å². The number of para-hydroxylation sites is 2. The summed E-state index contributed by atoms with van der Waals surface area (Å²) in [6, 6.07) is 24.9. The van der Waals surface area contributed by atoms with Gasteiger partial charge in [-0.15, -0.1) is 0 Å². The number of nitrogens with one attached hydrogen (secondary N) is 1. The molecule has 5 nitrogen and oxygen atoms in total. The zero-order valence-electron chi connectivity index (χ0n) is 19.4. The molecule has 6 heteroatoms. The van der Waals surface area contributed by atoms with E-state index >= 15 is 0 Å². The van der Waals surface area contributed by atoms with Crippen LogP contribution in [0, 0.1) is 0 Å². The molecule has 0 aliphatic rings. The molecule has 5 rings (SSSR count). The summed E-state index contributed by atoms with van der Waals surface area (Å²) in [6.45, 7) is 5.82. The largest absolute Gasteiger partial charge is 0.492 e. The Morgan fingerprint density at radius 3 is 2.68 bits per heavy atom. The second kappa shape index (κ2) is 10.1. The first-order valence-corrected chi connectivity index (χ1v) is 12.5. The highest BCUT2D eigenvalue weighted by Gasteiger charge is 2.08. The van der Waals surface area contributed by atoms with Crippen molar-refractivity contribution in [1.82, 2.24) is 9.55 Å². The number of thiazole rings is 1. The van der Waals surface area contributed by atoms with E-state index in [9.17, 15) is 0 Å². The predicted molar refractivity (Wildman–Crippen MR) is 143 cm³/mol. The van der Waals surface area contributed by atoms with Gasteiger partial charge in [0.15, 0.2) is 0 Å². The Kier molecular flexibility index (Phi) is 6.58. The second-order valence-electron chi connectivity index (χ2n) is 8.38. The average Bonchev–Trinajstić information content (AvgIpc) is 3.45. The number of benzene rings is 3. The van der Waals surface area contributed by atoms with Crippen molar-refractivity contribution in [3.8, 4) is 5.75 Å². The molecular weight excluding hydrogens is 440 g/mol. The molecule has 3 aromatic carbocycles. The van der Waals surface area contributed by atoms with Crippen molar-refractivity contribution in [2.75, 3.05) is 12.0 Å². The number of hydrogen-bond acceptors (Lipinski definition) is 5. The monoisotopic (exact) mass is 468 g/mol. The zero-order chi connectivity index (χ0) is 23.3. The van der Waals surface area contributed by atoms with Crippen LogP contribution in [0.2, 0.25) is 0 Å². The van der Waals surface area contributed by atoms with E-state index in [0.29, 0.717) is 12.5 Å². The number of ether oxygens (including phenoxy) is 1. The summed E-state index contributed by atoms with van der Waals surface area (Å²) in [4.78, 5) is 4.57. The van der Waals surface area contributed by atoms with Crippen LogP contribution in [0.3, 0.4) is 0 Å². The van der Waals surface area contributed by atoms with Crippen LogP contribution in [0.15, 0.2) is 84.1 Å². The molecule has 0 fully saturated rings. The number of aromatic nitrogens is 2. The summed E-state index contributed by atoms with van der Waals surface area (Å²) in [5.41, 5.74) is 7.64. The fraction of sp³-hybridized carbons (Fsp3) is 0.214. The van der Waals surface area contributed by atoms with E-state index < -0.39 is 0 Å². The van der Waals surface area contributed by atoms with Crippen LogP contribution in [-0.2, 0) is 6.54 Å². The van der Waals surface area contributed by atoms with E-state index in [-0.39, 0.29) is 0 Å². The lowest BCUT2D eigenvalue weighted by Gasteiger charge is -2.11. The van der Waals surface area contributed by atoms with Crippen molar-refractivity contribution in [3.63, 3.8) is 0 Å². The number of hydrazone groups is 1. The normalized spacial score (nSPS) is 12.5. The van der Waals surface area contributed by atoms with Gasteiger partial charge in [-0.2, -0.15) is 5.10 Å². The fourth-order valence-electron chi connectivity index (χ4n) is 4.03. The summed E-state index contributed by atoms with van der Waals surface area (Å²) >= 11 is 1.60. The Balaban J connectivity index is 1.26. The van der Waals surface area contributed by atoms with Gasteiger partial charge < -0.3 is 9.30 Å². The molecule has 0 saturated heterocycles. The van der Waals surface area contributed by atoms with Gasteiger partial charge in [-0.05, 0) is 48.2 Å². The summed E-state index contributed by atoms with van der Waals surface area (Å²) in [7, 11) is 0. The molecule has 0 amide bonds. The highest BCUT2D eigenvalue weighted by Crippen LogP contribution is 2.26. The quantitative estimate of drug-likeness (QED) is 0.182. The van der Waals surface area contributed by atoms with Gasteiger partial charge in [0.2, 0.25) is 5.13 Å². The van der Waals surface area contributed by atoms with Crippen molar-refractivity contribution in [3.05, 3.63) is 90.1 Å². The van der Waals surface area contributed by atoms with Crippen LogP contribution in [0.25, 0.3) is 21.1 Å². The molecule has 1 atom stereocenters. The van der Waals surface area contributed by atoms with Gasteiger partial charge in [-0.25, -0.2) is 4.98 Å². The highest BCUT2D eigenvalue weighted by atomic mass is 32.1. The number of rotatable bonds is 9. The summed E-state index contributed by atoms with van der Waals surface area (Å²) in [5, 5.41) is 6.40. The van der Waals surface area contributed by atoms with Crippen LogP contribution < -0.4 is 10.2 Å². The van der Waals surface area contributed by atoms with Crippen molar-refractivity contribution in [2.45, 2.75) is 32.7 Å². The molecule has 1 N–H and O–H groups in total. The maximum atomic E-state index is 6.03. The number of anilines is 1. The fourth-order valence-corrected chi connectivity index (χ4v) is 4.85. The van der Waals surface area contributed by atoms with Gasteiger partial charge >= 0.3 is 0 Å². The summed E-state index contributed by atoms with van der Waals surface area (Å²) < 4.78 is 9.40. The first kappa shape index (κ1) is 22.2. The van der Waals surface area contributed by atoms with Crippen LogP contribution in [0.5, 0.6) is 5.75 Å². The molecule has 5 aromatic rings. The maximum Gasteiger partial charge on any atom is 0.204 e. The Morgan fingerprint density at radius 1 is 1.06 bits per heavy atom. The average molecular weight is 469 g/mol. The van der Waals surface area contributed by atoms with E-state index in [0.717, 1.165) is 45.0 Å². The Hall–Kier alpha value is -3.64. The Morgan fingerprint density at radius 2 is 1.85 bits per heavy atom. The molecule has 172 valence electrons. The van der Waals surface area contributed by atoms with E-state index in [1.807, 2.05) is 24.4 Å². The smallest absolute Gasteiger partial charge is 0.204 e. The molecule has 0 bridgehead atoms. The van der Waals surface area contributed by atoms with Gasteiger partial charge in [-0.3, -0.25) is 5.43 Å². The molecule has 0 unspecified atom stereocenters. The molecular formula is C28H28N4OS. The lowest BCUT2D eigenvalue weighted by atomic mass is 9.99. The molecule has 0 spiro atoms. The molecule has 0 aliphatic heterocycles. The predicted octanol–water partition coefficient (Wildman–Crippen LogP) is 7.29. The van der Waals surface area contributed by atoms with E-state index in [4.69, 9.17) is 4.74 Å². The van der Waals surface area contributed by atoms with Gasteiger partial charge in [0.25, 0.3) is 0 Å². The van der Waals surface area contributed by atoms with Gasteiger partial charge in [-0.1, -0.05) is 67.6 Å². The van der Waals surface area contributed by atoms with Crippen molar-refractivity contribution < 1.29 is 4.74 Å². The van der Waals surface area contributed by atoms with Crippen molar-refractivity contribution in [2.24, 2.45) is 5.10 Å². The van der Waals surface area contributed by atoms with Crippen molar-refractivity contribution in [1.29, 1.82) is 0 Å². The van der Waals surface area contributed by atoms with Crippen LogP contribution >= 0.6 is 11.3 Å². The van der Waals surface area contributed by atoms with Crippen LogP contribution in [0.1, 0.15) is 37.3 Å². The van der Waals surface area contributed by atoms with Gasteiger partial charge in [0.1, 0.15) is 12.4 Å². The number of fused-ring (bicyclic) bond motifs is 2. The minimum absolute atomic E-state index is 0.574. The highest BCUT2D eigenvalue weighted by molar-refractivity contribution is 7.22. The third kappa shape index (κ3) is 4.82. The van der Waals surface area contributed by atoms with Crippen LogP contribution in [0.4, 0.5) is 5.13 Å². The zero-order valence-corrected chi connectivity index (χ0v) is 20.3. The number of nitrogens with zero attached hydrogens (tertiary/aromatic N) is 3. The second-order valence-corrected chi connectivity index (χ2v) is 9.41. The maximum absolute atomic E-state index is 6.03. The summed E-state index contributed by atoms with van der Waals surface area (Å²) in [5.74, 6) is 1.48. The first-order valence-electron chi connectivity index (χ1n) is 11.7. The molecule has 0 aliphatic carbocycles. The molecule has 2 heterocycles. The lowest BCUT2D eigenvalue weighted by Crippen LogP contribution is -2.07. The van der Waals surface area contributed by atoms with Crippen LogP contribution in [-0.4, -0.2) is 22.4 Å². The minimum Gasteiger partial charge on any atom is -0.492 e. The Labute approximate surface area is 203 Å². The molecule has 34 heavy (non-hydrogen) atoms. The van der Waals surface area contributed by atoms with Crippen molar-refractivity contribution >= 4 is 43.8 Å². The number of hydrogen-bond donors (Lipinski definition) is 1.